The molecule has 0 radical (unpaired) electrons. The SMILES string of the molecule is CC(C)(C)N1CC(C(=O)NC2CCN(C(=O)c3c(F)cccc3Cl)CC2)CC1=O. The van der Waals surface area contributed by atoms with Crippen molar-refractivity contribution in [2.75, 3.05) is 19.6 Å². The Kier molecular flexibility index (Phi) is 6.17. The van der Waals surface area contributed by atoms with Crippen molar-refractivity contribution in [2.45, 2.75) is 51.6 Å². The van der Waals surface area contributed by atoms with Crippen molar-refractivity contribution in [2.24, 2.45) is 5.92 Å². The fraction of sp³-hybridized carbons (Fsp3) is 0.571. The van der Waals surface area contributed by atoms with Gasteiger partial charge in [-0.15, -0.1) is 0 Å². The number of piperidine rings is 1. The van der Waals surface area contributed by atoms with Crippen molar-refractivity contribution in [3.8, 4) is 0 Å². The van der Waals surface area contributed by atoms with Crippen LogP contribution in [-0.4, -0.2) is 58.7 Å². The minimum absolute atomic E-state index is 0.000155. The van der Waals surface area contributed by atoms with Crippen molar-refractivity contribution in [1.82, 2.24) is 15.1 Å². The molecule has 1 aromatic rings. The Bertz CT molecular complexity index is 796. The summed E-state index contributed by atoms with van der Waals surface area (Å²) in [6, 6.07) is 4.11. The van der Waals surface area contributed by atoms with Crippen LogP contribution in [0.15, 0.2) is 18.2 Å². The van der Waals surface area contributed by atoms with Gasteiger partial charge in [-0.25, -0.2) is 4.39 Å². The summed E-state index contributed by atoms with van der Waals surface area (Å²) >= 11 is 5.99. The number of nitrogens with one attached hydrogen (secondary N) is 1. The van der Waals surface area contributed by atoms with Gasteiger partial charge in [-0.05, 0) is 45.7 Å². The summed E-state index contributed by atoms with van der Waals surface area (Å²) in [7, 11) is 0. The van der Waals surface area contributed by atoms with Gasteiger partial charge in [0, 0.05) is 37.6 Å². The van der Waals surface area contributed by atoms with Gasteiger partial charge in [0.2, 0.25) is 11.8 Å². The molecule has 1 atom stereocenters. The second-order valence-electron chi connectivity index (χ2n) is 8.75. The molecule has 0 bridgehead atoms. The number of carbonyl (C=O) groups excluding carboxylic acids is 3. The molecule has 2 heterocycles. The normalized spacial score (nSPS) is 20.9. The van der Waals surface area contributed by atoms with E-state index in [1.54, 1.807) is 9.80 Å². The molecule has 2 fully saturated rings. The third-order valence-electron chi connectivity index (χ3n) is 5.61. The smallest absolute Gasteiger partial charge is 0.258 e. The average molecular weight is 424 g/mol. The number of hydrogen-bond donors (Lipinski definition) is 1. The van der Waals surface area contributed by atoms with Crippen molar-refractivity contribution in [3.63, 3.8) is 0 Å². The summed E-state index contributed by atoms with van der Waals surface area (Å²) in [6.07, 6.45) is 1.38. The molecule has 2 aliphatic rings. The number of amides is 3. The summed E-state index contributed by atoms with van der Waals surface area (Å²) in [5, 5.41) is 3.12. The van der Waals surface area contributed by atoms with Crippen molar-refractivity contribution in [3.05, 3.63) is 34.6 Å². The minimum Gasteiger partial charge on any atom is -0.353 e. The lowest BCUT2D eigenvalue weighted by Gasteiger charge is -2.33. The number of nitrogens with zero attached hydrogens (tertiary/aromatic N) is 2. The average Bonchev–Trinajstić information content (AvgIpc) is 3.04. The van der Waals surface area contributed by atoms with E-state index in [4.69, 9.17) is 11.6 Å². The summed E-state index contributed by atoms with van der Waals surface area (Å²) < 4.78 is 14.0. The van der Waals surface area contributed by atoms with Crippen LogP contribution in [0.4, 0.5) is 4.39 Å². The van der Waals surface area contributed by atoms with Crippen LogP contribution in [0, 0.1) is 11.7 Å². The van der Waals surface area contributed by atoms with Gasteiger partial charge in [0.15, 0.2) is 0 Å². The van der Waals surface area contributed by atoms with Crippen LogP contribution in [0.3, 0.4) is 0 Å². The Hall–Kier alpha value is -2.15. The monoisotopic (exact) mass is 423 g/mol. The van der Waals surface area contributed by atoms with E-state index >= 15 is 0 Å². The zero-order valence-electron chi connectivity index (χ0n) is 17.0. The molecule has 0 spiro atoms. The zero-order chi connectivity index (χ0) is 21.3. The van der Waals surface area contributed by atoms with Gasteiger partial charge in [0.25, 0.3) is 5.91 Å². The molecule has 2 aliphatic heterocycles. The van der Waals surface area contributed by atoms with Crippen LogP contribution < -0.4 is 5.32 Å². The summed E-state index contributed by atoms with van der Waals surface area (Å²) in [5.74, 6) is -1.53. The van der Waals surface area contributed by atoms with Crippen LogP contribution in [0.5, 0.6) is 0 Å². The highest BCUT2D eigenvalue weighted by Gasteiger charge is 2.40. The maximum atomic E-state index is 14.0. The maximum Gasteiger partial charge on any atom is 0.258 e. The quantitative estimate of drug-likeness (QED) is 0.812. The number of hydrogen-bond acceptors (Lipinski definition) is 3. The first-order chi connectivity index (χ1) is 13.6. The predicted octanol–water partition coefficient (Wildman–Crippen LogP) is 2.85. The van der Waals surface area contributed by atoms with Crippen LogP contribution >= 0.6 is 11.6 Å². The molecule has 1 N–H and O–H groups in total. The highest BCUT2D eigenvalue weighted by atomic mass is 35.5. The number of halogens is 2. The van der Waals surface area contributed by atoms with Gasteiger partial charge in [-0.1, -0.05) is 17.7 Å². The van der Waals surface area contributed by atoms with Crippen LogP contribution in [0.2, 0.25) is 5.02 Å². The van der Waals surface area contributed by atoms with Gasteiger partial charge in [-0.3, -0.25) is 14.4 Å². The Morgan fingerprint density at radius 3 is 2.41 bits per heavy atom. The fourth-order valence-electron chi connectivity index (χ4n) is 3.94. The van der Waals surface area contributed by atoms with Crippen molar-refractivity contribution >= 4 is 29.3 Å². The topological polar surface area (TPSA) is 69.7 Å². The van der Waals surface area contributed by atoms with E-state index in [0.29, 0.717) is 32.5 Å². The minimum atomic E-state index is -0.632. The highest BCUT2D eigenvalue weighted by Crippen LogP contribution is 2.27. The van der Waals surface area contributed by atoms with E-state index < -0.39 is 11.7 Å². The molecule has 29 heavy (non-hydrogen) atoms. The molecule has 8 heteroatoms. The Labute approximate surface area is 175 Å². The highest BCUT2D eigenvalue weighted by molar-refractivity contribution is 6.33. The second-order valence-corrected chi connectivity index (χ2v) is 9.16. The van der Waals surface area contributed by atoms with Gasteiger partial charge in [0.1, 0.15) is 5.82 Å². The number of carbonyl (C=O) groups is 3. The van der Waals surface area contributed by atoms with E-state index in [-0.39, 0.29) is 46.3 Å². The molecular weight excluding hydrogens is 397 g/mol. The van der Waals surface area contributed by atoms with Gasteiger partial charge >= 0.3 is 0 Å². The first-order valence-electron chi connectivity index (χ1n) is 9.92. The Morgan fingerprint density at radius 1 is 1.21 bits per heavy atom. The number of rotatable bonds is 3. The zero-order valence-corrected chi connectivity index (χ0v) is 17.8. The molecule has 0 aromatic heterocycles. The lowest BCUT2D eigenvalue weighted by Crippen LogP contribution is -2.48. The number of likely N-dealkylation sites (tertiary alicyclic amines) is 2. The van der Waals surface area contributed by atoms with Crippen molar-refractivity contribution < 1.29 is 18.8 Å². The first-order valence-corrected chi connectivity index (χ1v) is 10.3. The van der Waals surface area contributed by atoms with Crippen LogP contribution in [-0.2, 0) is 9.59 Å². The van der Waals surface area contributed by atoms with E-state index in [1.807, 2.05) is 20.8 Å². The predicted molar refractivity (Wildman–Crippen MR) is 108 cm³/mol. The third kappa shape index (κ3) is 4.71. The first kappa shape index (κ1) is 21.6. The van der Waals surface area contributed by atoms with E-state index in [9.17, 15) is 18.8 Å². The largest absolute Gasteiger partial charge is 0.353 e. The Morgan fingerprint density at radius 2 is 1.86 bits per heavy atom. The second kappa shape index (κ2) is 8.30. The van der Waals surface area contributed by atoms with Gasteiger partial charge in [-0.2, -0.15) is 0 Å². The van der Waals surface area contributed by atoms with E-state index in [0.717, 1.165) is 0 Å². The van der Waals surface area contributed by atoms with Gasteiger partial charge in [0.05, 0.1) is 16.5 Å². The Balaban J connectivity index is 1.53. The standard InChI is InChI=1S/C21H27ClFN3O3/c1-21(2,3)26-12-13(11-17(26)27)19(28)24-14-7-9-25(10-8-14)20(29)18-15(22)5-4-6-16(18)23/h4-6,13-14H,7-12H2,1-3H3,(H,24,28). The molecule has 3 amide bonds. The molecule has 1 unspecified atom stereocenters. The summed E-state index contributed by atoms with van der Waals surface area (Å²) in [5.41, 5.74) is -0.408. The molecule has 1 aromatic carbocycles. The number of benzene rings is 1. The maximum absolute atomic E-state index is 14.0. The van der Waals surface area contributed by atoms with Crippen molar-refractivity contribution in [1.29, 1.82) is 0 Å². The third-order valence-corrected chi connectivity index (χ3v) is 5.93. The molecule has 0 aliphatic carbocycles. The summed E-state index contributed by atoms with van der Waals surface area (Å²) in [6.45, 7) is 7.12. The molecule has 2 saturated heterocycles. The fourth-order valence-corrected chi connectivity index (χ4v) is 4.18. The van der Waals surface area contributed by atoms with E-state index in [2.05, 4.69) is 5.32 Å². The molecule has 0 saturated carbocycles. The summed E-state index contributed by atoms with van der Waals surface area (Å²) in [4.78, 5) is 40.7. The lowest BCUT2D eigenvalue weighted by atomic mass is 10.0. The molecular formula is C21H27ClFN3O3. The van der Waals surface area contributed by atoms with Gasteiger partial charge < -0.3 is 15.1 Å². The molecule has 6 nitrogen and oxygen atoms in total. The van der Waals surface area contributed by atoms with Crippen LogP contribution in [0.25, 0.3) is 0 Å². The van der Waals surface area contributed by atoms with E-state index in [1.165, 1.54) is 18.2 Å². The lowest BCUT2D eigenvalue weighted by molar-refractivity contribution is -0.132. The van der Waals surface area contributed by atoms with Crippen LogP contribution in [0.1, 0.15) is 50.4 Å². The molecule has 158 valence electrons. The molecule has 3 rings (SSSR count).